The van der Waals surface area contributed by atoms with Gasteiger partial charge in [-0.3, -0.25) is 9.79 Å². The molecule has 5 aromatic carbocycles. The summed E-state index contributed by atoms with van der Waals surface area (Å²) in [5.41, 5.74) is 26.8. The Bertz CT molecular complexity index is 5830. The molecule has 31 heteroatoms. The highest BCUT2D eigenvalue weighted by Crippen LogP contribution is 2.44. The Labute approximate surface area is 636 Å². The Morgan fingerprint density at radius 1 is 0.626 bits per heavy atom. The van der Waals surface area contributed by atoms with E-state index in [4.69, 9.17) is 64.0 Å². The number of hydrogen-bond donors (Lipinski definition) is 7. The summed E-state index contributed by atoms with van der Waals surface area (Å²) in [4.78, 5) is 62.8. The molecule has 538 valence electrons. The molecule has 1 aliphatic rings. The third kappa shape index (κ3) is 18.0. The normalized spacial score (nSPS) is 11.4. The number of nitrogens with two attached hydrogens (primary N) is 3. The minimum atomic E-state index is -0.483. The number of H-pyrrole nitrogens is 1. The first-order chi connectivity index (χ1) is 52.0. The summed E-state index contributed by atoms with van der Waals surface area (Å²) in [5.74, 6) is 1.06. The van der Waals surface area contributed by atoms with Crippen molar-refractivity contribution in [2.45, 2.75) is 32.7 Å². The zero-order valence-electron chi connectivity index (χ0n) is 57.6. The van der Waals surface area contributed by atoms with Crippen LogP contribution in [0.4, 0.5) is 39.4 Å². The molecule has 14 aromatic rings. The molecule has 1 amide bonds. The van der Waals surface area contributed by atoms with E-state index in [1.54, 1.807) is 86.4 Å². The summed E-state index contributed by atoms with van der Waals surface area (Å²) >= 11 is 9.80. The number of aromatic amines is 1. The van der Waals surface area contributed by atoms with E-state index in [0.29, 0.717) is 81.0 Å². The van der Waals surface area contributed by atoms with Gasteiger partial charge < -0.3 is 66.6 Å². The molecule has 0 aliphatic carbocycles. The third-order valence-electron chi connectivity index (χ3n) is 16.6. The van der Waals surface area contributed by atoms with Crippen molar-refractivity contribution in [2.75, 3.05) is 86.8 Å². The monoisotopic (exact) mass is 1530 g/mol. The molecule has 10 heterocycles. The van der Waals surface area contributed by atoms with Crippen LogP contribution in [0.25, 0.3) is 86.6 Å². The average molecular weight is 1540 g/mol. The molecular weight excluding hydrogens is 1470 g/mol. The van der Waals surface area contributed by atoms with Gasteiger partial charge in [0.2, 0.25) is 23.7 Å². The number of alkyl carbamates (subject to hydrolysis) is 1. The Morgan fingerprint density at radius 2 is 1.12 bits per heavy atom. The number of carbonyl (C=O) groups is 2. The number of benzene rings is 5. The van der Waals surface area contributed by atoms with E-state index in [1.165, 1.54) is 40.6 Å². The van der Waals surface area contributed by atoms with Gasteiger partial charge in [0.1, 0.15) is 48.7 Å². The lowest BCUT2D eigenvalue weighted by Crippen LogP contribution is -2.28. The lowest BCUT2D eigenvalue weighted by Gasteiger charge is -2.19. The van der Waals surface area contributed by atoms with Crippen LogP contribution in [-0.4, -0.2) is 119 Å². The fourth-order valence-electron chi connectivity index (χ4n) is 11.1. The lowest BCUT2D eigenvalue weighted by atomic mass is 10.1. The molecule has 107 heavy (non-hydrogen) atoms. The molecule has 1 aliphatic heterocycles. The number of nitrogens with zero attached hydrogens (tertiary/aromatic N) is 13. The summed E-state index contributed by atoms with van der Waals surface area (Å²) in [7, 11) is 5.89. The van der Waals surface area contributed by atoms with Crippen molar-refractivity contribution in [1.29, 1.82) is 15.8 Å². The van der Waals surface area contributed by atoms with Crippen LogP contribution in [0.5, 0.6) is 11.8 Å². The second-order valence-corrected chi connectivity index (χ2v) is 30.3. The SMILES string of the molecule is CN(CCO)c1ccc2c(c1)sc1cc(C=C(C#N)C#N)sc12.CN(CCO)c1ccc2c(c1)sc1cc(C=O)sc12.NCc1ccc(COc2nc(N)nc3nc[nH]c23)cc1.[C-]#[N+]/C(C#N)=C\c1cc2sc3cc(N(C)CCOC(=O)NCc4ccc(COc5nc(N)nc6c5N=CC6)cc4)ccc3c2s1. The number of nitrogens with one attached hydrogen (secondary N) is 2. The fraction of sp³-hybridized carbons (Fsp3) is 0.184. The first-order valence-electron chi connectivity index (χ1n) is 32.9. The van der Waals surface area contributed by atoms with Gasteiger partial charge in [0.25, 0.3) is 5.70 Å². The van der Waals surface area contributed by atoms with Gasteiger partial charge in [-0.1, -0.05) is 66.7 Å². The maximum Gasteiger partial charge on any atom is 0.407 e. The summed E-state index contributed by atoms with van der Waals surface area (Å²) in [5, 5.41) is 51.1. The highest BCUT2D eigenvalue weighted by atomic mass is 32.1. The molecule has 0 spiro atoms. The number of carbonyl (C=O) groups excluding carboxylic acids is 2. The second-order valence-electron chi connectivity index (χ2n) is 23.8. The van der Waals surface area contributed by atoms with Gasteiger partial charge in [-0.2, -0.15) is 25.5 Å². The minimum Gasteiger partial charge on any atom is -0.471 e. The molecule has 25 nitrogen and oxygen atoms in total. The quantitative estimate of drug-likeness (QED) is 0.0188. The van der Waals surface area contributed by atoms with E-state index < -0.39 is 6.09 Å². The molecule has 0 radical (unpaired) electrons. The van der Waals surface area contributed by atoms with Crippen molar-refractivity contribution < 1.29 is 34.0 Å². The van der Waals surface area contributed by atoms with Crippen LogP contribution < -0.4 is 46.7 Å². The number of aromatic nitrogens is 6. The zero-order valence-corrected chi connectivity index (χ0v) is 62.5. The minimum absolute atomic E-state index is 0.0781. The van der Waals surface area contributed by atoms with Crippen LogP contribution >= 0.6 is 68.0 Å². The number of aliphatic hydroxyl groups excluding tert-OH is 2. The van der Waals surface area contributed by atoms with Gasteiger partial charge in [0.05, 0.1) is 63.4 Å². The fourth-order valence-corrected chi connectivity index (χ4v) is 18.5. The number of nitrogen functional groups attached to an aromatic ring is 2. The number of aliphatic hydroxyl groups is 2. The predicted molar refractivity (Wildman–Crippen MR) is 432 cm³/mol. The molecule has 10 N–H and O–H groups in total. The molecule has 15 rings (SSSR count). The Balaban J connectivity index is 0.000000145. The maximum absolute atomic E-state index is 12.3. The Morgan fingerprint density at radius 3 is 1.64 bits per heavy atom. The van der Waals surface area contributed by atoms with Crippen molar-refractivity contribution in [3.05, 3.63) is 193 Å². The van der Waals surface area contributed by atoms with Crippen molar-refractivity contribution in [3.8, 4) is 30.0 Å². The van der Waals surface area contributed by atoms with E-state index in [1.807, 2.05) is 127 Å². The van der Waals surface area contributed by atoms with E-state index in [9.17, 15) is 9.59 Å². The second kappa shape index (κ2) is 34.7. The van der Waals surface area contributed by atoms with E-state index >= 15 is 0 Å². The number of aldehydes is 1. The van der Waals surface area contributed by atoms with Crippen molar-refractivity contribution in [1.82, 2.24) is 35.2 Å². The van der Waals surface area contributed by atoms with Crippen LogP contribution in [0.15, 0.2) is 144 Å². The third-order valence-corrected chi connectivity index (χ3v) is 23.6. The van der Waals surface area contributed by atoms with Crippen molar-refractivity contribution in [3.63, 3.8) is 0 Å². The first kappa shape index (κ1) is 74.7. The number of ether oxygens (including phenoxy) is 3. The Kier molecular flexibility index (Phi) is 24.3. The summed E-state index contributed by atoms with van der Waals surface area (Å²) < 4.78 is 27.5. The van der Waals surface area contributed by atoms with Crippen molar-refractivity contribution in [2.24, 2.45) is 10.7 Å². The topological polar surface area (TPSA) is 370 Å². The highest BCUT2D eigenvalue weighted by molar-refractivity contribution is 7.34. The van der Waals surface area contributed by atoms with E-state index in [-0.39, 0.29) is 43.0 Å². The van der Waals surface area contributed by atoms with Crippen molar-refractivity contribution >= 4 is 203 Å². The number of fused-ring (bicyclic) bond motifs is 11. The van der Waals surface area contributed by atoms with Crippen LogP contribution in [0.1, 0.15) is 47.4 Å². The number of rotatable bonds is 22. The van der Waals surface area contributed by atoms with Gasteiger partial charge in [0, 0.05) is 131 Å². The van der Waals surface area contributed by atoms with Crippen LogP contribution in [0.2, 0.25) is 0 Å². The first-order valence-corrected chi connectivity index (χ1v) is 37.8. The van der Waals surface area contributed by atoms with Crippen LogP contribution in [0, 0.1) is 40.6 Å². The molecule has 0 fully saturated rings. The molecule has 0 unspecified atom stereocenters. The highest BCUT2D eigenvalue weighted by Gasteiger charge is 2.20. The molecule has 9 aromatic heterocycles. The standard InChI is InChI=1S/C32H26N8O3S2.C17H13N3OS2.C14H13NO2S2.C13H14N6O/c1-35-21(16-33)13-23-15-27-29(44-23)24-8-7-22(14-26(24)45-27)40(2)11-12-42-32(41)37-17-19-3-5-20(6-4-19)18-43-30-28-25(9-10-36-28)38-31(34)39-30;1-20(4-5-21)12-2-3-14-15(7-12)23-16-8-13(22-17(14)16)6-11(9-18)10-19;1-15(4-5-16)9-2-3-11-12(6-9)19-13-7-10(8-17)18-14(11)13;14-5-8-1-3-9(4-2-8)6-20-12-10-11(17-7-16-10)18-13(15)19-12/h3-8,10,13-15H,9,11-12,17-18H2,2H3,(H,37,41)(H2,34,38,39);2-3,6-8,21H,4-5H2,1H3;2-3,6-8,16H,4-5H2,1H3;1-4,7H,5-6,14H2,(H3,15,16,17,18,19)/b21-13-;;;. The smallest absolute Gasteiger partial charge is 0.407 e. The summed E-state index contributed by atoms with van der Waals surface area (Å²) in [6.07, 6.45) is 7.59. The van der Waals surface area contributed by atoms with Gasteiger partial charge in [-0.05, 0) is 89.0 Å². The largest absolute Gasteiger partial charge is 0.471 e. The number of hydrogen-bond acceptors (Lipinski definition) is 28. The number of imidazole rings is 1. The zero-order chi connectivity index (χ0) is 75.1. The number of likely N-dealkylation sites (N-methyl/N-ethyl adjacent to an activating group) is 3. The number of thiophene rings is 6. The summed E-state index contributed by atoms with van der Waals surface area (Å²) in [6.45, 7) is 10.9. The summed E-state index contributed by atoms with van der Waals surface area (Å²) in [6, 6.07) is 46.1. The molecular formula is C76H66N18O7S6. The van der Waals surface area contributed by atoms with E-state index in [0.717, 1.165) is 90.1 Å². The van der Waals surface area contributed by atoms with Crippen LogP contribution in [-0.2, 0) is 37.5 Å². The number of aliphatic imine (C=N–C) groups is 1. The van der Waals surface area contributed by atoms with Gasteiger partial charge in [-0.25, -0.2) is 24.9 Å². The lowest BCUT2D eigenvalue weighted by molar-refractivity contribution is 0.112. The predicted octanol–water partition coefficient (Wildman–Crippen LogP) is 14.8. The molecule has 0 atom stereocenters. The molecule has 0 saturated heterocycles. The number of amides is 1. The molecule has 0 bridgehead atoms. The van der Waals surface area contributed by atoms with Crippen LogP contribution in [0.3, 0.4) is 0 Å². The molecule has 0 saturated carbocycles. The van der Waals surface area contributed by atoms with Gasteiger partial charge in [-0.15, -0.1) is 68.0 Å². The van der Waals surface area contributed by atoms with Gasteiger partial charge in [0.15, 0.2) is 11.9 Å². The van der Waals surface area contributed by atoms with E-state index in [2.05, 4.69) is 93.6 Å². The number of anilines is 5. The number of nitriles is 3. The van der Waals surface area contributed by atoms with Gasteiger partial charge >= 0.3 is 6.09 Å². The number of allylic oxidation sites excluding steroid dienone is 2. The average Bonchev–Trinajstić information content (AvgIpc) is 1.63. The maximum atomic E-state index is 12.3. The Hall–Kier alpha value is -12.0.